The van der Waals surface area contributed by atoms with Crippen molar-refractivity contribution < 1.29 is 13.2 Å². The lowest BCUT2D eigenvalue weighted by Gasteiger charge is -2.19. The first-order chi connectivity index (χ1) is 15.2. The monoisotopic (exact) mass is 494 g/mol. The highest BCUT2D eigenvalue weighted by molar-refractivity contribution is 7.99. The predicted octanol–water partition coefficient (Wildman–Crippen LogP) is 5.03. The van der Waals surface area contributed by atoms with Crippen molar-refractivity contribution in [3.05, 3.63) is 47.5 Å². The SMILES string of the molecule is CCN(CC)S(=O)(=O)c1ccc(Cl)c(NC(=O)CSc2nc3ccccc3n2C(C)C)c1. The second-order valence-electron chi connectivity index (χ2n) is 7.41. The molecule has 0 saturated heterocycles. The number of hydrogen-bond acceptors (Lipinski definition) is 5. The standard InChI is InChI=1S/C22H27ClN4O3S2/c1-5-26(6-2)32(29,30)16-11-12-17(23)19(13-16)24-21(28)14-31-22-25-18-9-7-8-10-20(18)27(22)15(3)4/h7-13,15H,5-6,14H2,1-4H3,(H,24,28). The predicted molar refractivity (Wildman–Crippen MR) is 131 cm³/mol. The van der Waals surface area contributed by atoms with Gasteiger partial charge in [-0.25, -0.2) is 13.4 Å². The van der Waals surface area contributed by atoms with Crippen LogP contribution >= 0.6 is 23.4 Å². The lowest BCUT2D eigenvalue weighted by atomic mass is 10.3. The number of benzene rings is 2. The van der Waals surface area contributed by atoms with Gasteiger partial charge in [-0.3, -0.25) is 4.79 Å². The molecular formula is C22H27ClN4O3S2. The Balaban J connectivity index is 1.78. The van der Waals surface area contributed by atoms with Crippen LogP contribution in [0.25, 0.3) is 11.0 Å². The molecule has 0 aliphatic carbocycles. The first-order valence-electron chi connectivity index (χ1n) is 10.4. The van der Waals surface area contributed by atoms with E-state index in [1.165, 1.54) is 34.3 Å². The van der Waals surface area contributed by atoms with Gasteiger partial charge in [-0.05, 0) is 44.2 Å². The van der Waals surface area contributed by atoms with Crippen molar-refractivity contribution in [3.8, 4) is 0 Å². The van der Waals surface area contributed by atoms with Crippen LogP contribution in [0.5, 0.6) is 0 Å². The van der Waals surface area contributed by atoms with E-state index in [1.807, 2.05) is 24.3 Å². The molecule has 1 aromatic heterocycles. The highest BCUT2D eigenvalue weighted by Crippen LogP contribution is 2.29. The fraction of sp³-hybridized carbons (Fsp3) is 0.364. The zero-order valence-corrected chi connectivity index (χ0v) is 20.9. The van der Waals surface area contributed by atoms with Gasteiger partial charge >= 0.3 is 0 Å². The Kier molecular flexibility index (Phi) is 7.87. The van der Waals surface area contributed by atoms with E-state index in [9.17, 15) is 13.2 Å². The molecule has 7 nitrogen and oxygen atoms in total. The summed E-state index contributed by atoms with van der Waals surface area (Å²) in [6, 6.07) is 12.4. The average molecular weight is 495 g/mol. The van der Waals surface area contributed by atoms with Crippen LogP contribution in [0.15, 0.2) is 52.5 Å². The molecule has 10 heteroatoms. The number of nitrogens with one attached hydrogen (secondary N) is 1. The molecule has 0 spiro atoms. The van der Waals surface area contributed by atoms with Gasteiger partial charge in [-0.1, -0.05) is 49.3 Å². The minimum Gasteiger partial charge on any atom is -0.324 e. The third-order valence-electron chi connectivity index (χ3n) is 4.97. The Morgan fingerprint density at radius 2 is 1.88 bits per heavy atom. The van der Waals surface area contributed by atoms with Gasteiger partial charge in [0.2, 0.25) is 15.9 Å². The number of halogens is 1. The second-order valence-corrected chi connectivity index (χ2v) is 10.7. The number of para-hydroxylation sites is 2. The lowest BCUT2D eigenvalue weighted by molar-refractivity contribution is -0.113. The van der Waals surface area contributed by atoms with Gasteiger partial charge in [0.05, 0.1) is 32.4 Å². The number of fused-ring (bicyclic) bond motifs is 1. The third-order valence-corrected chi connectivity index (χ3v) is 8.30. The first kappa shape index (κ1) is 24.6. The molecule has 1 heterocycles. The smallest absolute Gasteiger partial charge is 0.243 e. The summed E-state index contributed by atoms with van der Waals surface area (Å²) in [7, 11) is -3.66. The summed E-state index contributed by atoms with van der Waals surface area (Å²) in [5.74, 6) is -0.184. The molecule has 2 aromatic carbocycles. The molecule has 0 radical (unpaired) electrons. The number of thioether (sulfide) groups is 1. The minimum absolute atomic E-state index is 0.0927. The van der Waals surface area contributed by atoms with Gasteiger partial charge in [0, 0.05) is 19.1 Å². The summed E-state index contributed by atoms with van der Waals surface area (Å²) in [5.41, 5.74) is 2.16. The number of aromatic nitrogens is 2. The Labute approximate surface area is 198 Å². The van der Waals surface area contributed by atoms with Crippen LogP contribution in [-0.2, 0) is 14.8 Å². The number of carbonyl (C=O) groups is 1. The van der Waals surface area contributed by atoms with Crippen molar-refractivity contribution in [3.63, 3.8) is 0 Å². The summed E-state index contributed by atoms with van der Waals surface area (Å²) >= 11 is 7.56. The van der Waals surface area contributed by atoms with E-state index in [-0.39, 0.29) is 33.3 Å². The normalized spacial score (nSPS) is 12.1. The highest BCUT2D eigenvalue weighted by Gasteiger charge is 2.23. The average Bonchev–Trinajstić information content (AvgIpc) is 3.13. The maximum atomic E-state index is 12.8. The number of rotatable bonds is 9. The van der Waals surface area contributed by atoms with Crippen molar-refractivity contribution in [2.24, 2.45) is 0 Å². The minimum atomic E-state index is -3.66. The largest absolute Gasteiger partial charge is 0.324 e. The van der Waals surface area contributed by atoms with E-state index < -0.39 is 10.0 Å². The molecule has 1 amide bonds. The third kappa shape index (κ3) is 5.11. The highest BCUT2D eigenvalue weighted by atomic mass is 35.5. The van der Waals surface area contributed by atoms with Crippen LogP contribution < -0.4 is 5.32 Å². The number of imidazole rings is 1. The number of sulfonamides is 1. The number of hydrogen-bond donors (Lipinski definition) is 1. The molecule has 172 valence electrons. The van der Waals surface area contributed by atoms with Gasteiger partial charge < -0.3 is 9.88 Å². The van der Waals surface area contributed by atoms with Crippen LogP contribution in [0.1, 0.15) is 33.7 Å². The van der Waals surface area contributed by atoms with E-state index in [0.717, 1.165) is 16.2 Å². The molecule has 0 fully saturated rings. The zero-order chi connectivity index (χ0) is 23.5. The van der Waals surface area contributed by atoms with Crippen molar-refractivity contribution in [2.45, 2.75) is 43.8 Å². The fourth-order valence-electron chi connectivity index (χ4n) is 3.41. The van der Waals surface area contributed by atoms with Crippen molar-refractivity contribution in [1.29, 1.82) is 0 Å². The van der Waals surface area contributed by atoms with E-state index in [0.29, 0.717) is 13.1 Å². The van der Waals surface area contributed by atoms with Gasteiger partial charge in [-0.15, -0.1) is 0 Å². The van der Waals surface area contributed by atoms with Gasteiger partial charge in [0.25, 0.3) is 0 Å². The number of anilines is 1. The molecule has 0 bridgehead atoms. The lowest BCUT2D eigenvalue weighted by Crippen LogP contribution is -2.30. The molecule has 3 rings (SSSR count). The summed E-state index contributed by atoms with van der Waals surface area (Å²) in [6.45, 7) is 8.41. The molecule has 3 aromatic rings. The van der Waals surface area contributed by atoms with E-state index >= 15 is 0 Å². The molecule has 1 N–H and O–H groups in total. The Morgan fingerprint density at radius 3 is 2.53 bits per heavy atom. The van der Waals surface area contributed by atoms with E-state index in [2.05, 4.69) is 28.7 Å². The van der Waals surface area contributed by atoms with Crippen molar-refractivity contribution in [2.75, 3.05) is 24.2 Å². The van der Waals surface area contributed by atoms with Crippen LogP contribution in [0.4, 0.5) is 5.69 Å². The molecule has 0 saturated carbocycles. The maximum absolute atomic E-state index is 12.8. The van der Waals surface area contributed by atoms with Gasteiger partial charge in [0.15, 0.2) is 5.16 Å². The Bertz CT molecular complexity index is 1220. The maximum Gasteiger partial charge on any atom is 0.243 e. The van der Waals surface area contributed by atoms with E-state index in [1.54, 1.807) is 13.8 Å². The molecular weight excluding hydrogens is 468 g/mol. The molecule has 0 aliphatic rings. The van der Waals surface area contributed by atoms with Gasteiger partial charge in [0.1, 0.15) is 0 Å². The van der Waals surface area contributed by atoms with Crippen LogP contribution in [-0.4, -0.2) is 47.0 Å². The molecule has 0 unspecified atom stereocenters. The number of carbonyl (C=O) groups excluding carboxylic acids is 1. The summed E-state index contributed by atoms with van der Waals surface area (Å²) in [4.78, 5) is 17.4. The molecule has 0 aliphatic heterocycles. The Hall–Kier alpha value is -2.07. The quantitative estimate of drug-likeness (QED) is 0.421. The second kappa shape index (κ2) is 10.2. The Morgan fingerprint density at radius 1 is 1.19 bits per heavy atom. The summed E-state index contributed by atoms with van der Waals surface area (Å²) < 4.78 is 29.0. The molecule has 32 heavy (non-hydrogen) atoms. The molecule has 0 atom stereocenters. The zero-order valence-electron chi connectivity index (χ0n) is 18.5. The first-order valence-corrected chi connectivity index (χ1v) is 13.2. The number of nitrogens with zero attached hydrogens (tertiary/aromatic N) is 3. The van der Waals surface area contributed by atoms with E-state index in [4.69, 9.17) is 11.6 Å². The number of amides is 1. The summed E-state index contributed by atoms with van der Waals surface area (Å²) in [5, 5.41) is 3.76. The van der Waals surface area contributed by atoms with Crippen LogP contribution in [0, 0.1) is 0 Å². The summed E-state index contributed by atoms with van der Waals surface area (Å²) in [6.07, 6.45) is 0. The van der Waals surface area contributed by atoms with Crippen LogP contribution in [0.3, 0.4) is 0 Å². The fourth-order valence-corrected chi connectivity index (χ4v) is 6.01. The topological polar surface area (TPSA) is 84.3 Å². The van der Waals surface area contributed by atoms with Crippen LogP contribution in [0.2, 0.25) is 5.02 Å². The van der Waals surface area contributed by atoms with Crippen molar-refractivity contribution in [1.82, 2.24) is 13.9 Å². The van der Waals surface area contributed by atoms with Gasteiger partial charge in [-0.2, -0.15) is 4.31 Å². The van der Waals surface area contributed by atoms with Crippen molar-refractivity contribution >= 4 is 56.0 Å².